The van der Waals surface area contributed by atoms with E-state index in [4.69, 9.17) is 13.9 Å². The van der Waals surface area contributed by atoms with Crippen LogP contribution in [0.2, 0.25) is 0 Å². The van der Waals surface area contributed by atoms with Gasteiger partial charge in [-0.05, 0) is 75.7 Å². The second-order valence-corrected chi connectivity index (χ2v) is 7.67. The highest BCUT2D eigenvalue weighted by Crippen LogP contribution is 2.33. The molecule has 0 aliphatic carbocycles. The van der Waals surface area contributed by atoms with Crippen LogP contribution in [0.25, 0.3) is 11.1 Å². The van der Waals surface area contributed by atoms with E-state index in [1.165, 1.54) is 0 Å². The molecule has 0 amide bonds. The maximum Gasteiger partial charge on any atom is 0.298 e. The van der Waals surface area contributed by atoms with Gasteiger partial charge in [-0.2, -0.15) is 14.6 Å². The van der Waals surface area contributed by atoms with Gasteiger partial charge in [0.25, 0.3) is 6.01 Å². The zero-order chi connectivity index (χ0) is 22.5. The minimum Gasteiger partial charge on any atom is -0.491 e. The first kappa shape index (κ1) is 21.9. The van der Waals surface area contributed by atoms with E-state index >= 15 is 0 Å². The first-order valence-electron chi connectivity index (χ1n) is 11.0. The van der Waals surface area contributed by atoms with Crippen molar-refractivity contribution >= 4 is 17.1 Å². The fourth-order valence-corrected chi connectivity index (χ4v) is 4.01. The summed E-state index contributed by atoms with van der Waals surface area (Å²) in [7, 11) is 0. The lowest BCUT2D eigenvalue weighted by atomic mass is 10.0. The molecule has 1 aliphatic rings. The number of oxazole rings is 1. The normalized spacial score (nSPS) is 14.3. The third kappa shape index (κ3) is 4.63. The molecule has 8 heteroatoms. The number of fused-ring (bicyclic) bond motifs is 1. The molecule has 0 atom stereocenters. The highest BCUT2D eigenvalue weighted by molar-refractivity contribution is 5.76. The van der Waals surface area contributed by atoms with Crippen molar-refractivity contribution in [3.63, 3.8) is 0 Å². The Morgan fingerprint density at radius 2 is 1.84 bits per heavy atom. The molecule has 4 rings (SSSR count). The molecular weight excluding hydrogens is 411 g/mol. The number of piperidine rings is 1. The van der Waals surface area contributed by atoms with E-state index in [2.05, 4.69) is 21.3 Å². The highest BCUT2D eigenvalue weighted by atomic mass is 19.1. The van der Waals surface area contributed by atoms with Gasteiger partial charge in [0, 0.05) is 12.6 Å². The average Bonchev–Trinajstić information content (AvgIpc) is 3.24. The van der Waals surface area contributed by atoms with E-state index in [9.17, 15) is 9.65 Å². The number of aromatic nitrogens is 1. The minimum atomic E-state index is -0.489. The third-order valence-corrected chi connectivity index (χ3v) is 5.52. The van der Waals surface area contributed by atoms with Gasteiger partial charge in [-0.15, -0.1) is 0 Å². The molecule has 2 heterocycles. The number of benzene rings is 2. The second-order valence-electron chi connectivity index (χ2n) is 7.67. The van der Waals surface area contributed by atoms with Crippen LogP contribution in [0.4, 0.5) is 10.4 Å². The lowest BCUT2D eigenvalue weighted by molar-refractivity contribution is 0.291. The minimum absolute atomic E-state index is 0.176. The molecular formula is C24H27FN4O3. The number of halogens is 1. The molecule has 1 aromatic heterocycles. The van der Waals surface area contributed by atoms with E-state index in [0.717, 1.165) is 31.5 Å². The van der Waals surface area contributed by atoms with Crippen molar-refractivity contribution in [2.45, 2.75) is 39.3 Å². The molecule has 1 fully saturated rings. The van der Waals surface area contributed by atoms with Crippen molar-refractivity contribution < 1.29 is 18.3 Å². The topological polar surface area (TPSA) is 83.5 Å². The smallest absolute Gasteiger partial charge is 0.298 e. The maximum absolute atomic E-state index is 14.7. The first-order valence-corrected chi connectivity index (χ1v) is 11.0. The number of nitrogens with zero attached hydrogens (tertiary/aromatic N) is 3. The lowest BCUT2D eigenvalue weighted by Gasteiger charge is -2.33. The van der Waals surface area contributed by atoms with Crippen molar-refractivity contribution in [3.05, 3.63) is 47.3 Å². The Hall–Kier alpha value is -3.31. The third-order valence-electron chi connectivity index (χ3n) is 5.52. The van der Waals surface area contributed by atoms with Gasteiger partial charge >= 0.3 is 0 Å². The van der Waals surface area contributed by atoms with E-state index in [0.29, 0.717) is 42.4 Å². The first-order chi connectivity index (χ1) is 15.6. The molecule has 1 saturated heterocycles. The molecule has 168 valence electrons. The molecule has 0 spiro atoms. The van der Waals surface area contributed by atoms with Crippen LogP contribution in [-0.2, 0) is 6.54 Å². The molecule has 7 nitrogen and oxygen atoms in total. The zero-order valence-corrected chi connectivity index (χ0v) is 18.4. The number of nitrogens with one attached hydrogen (secondary N) is 1. The van der Waals surface area contributed by atoms with Crippen LogP contribution in [0.5, 0.6) is 11.5 Å². The Labute approximate surface area is 186 Å². The summed E-state index contributed by atoms with van der Waals surface area (Å²) in [5.41, 5.74) is 2.65. The van der Waals surface area contributed by atoms with Crippen molar-refractivity contribution in [2.24, 2.45) is 0 Å². The summed E-state index contributed by atoms with van der Waals surface area (Å²) < 4.78 is 31.8. The van der Waals surface area contributed by atoms with Crippen molar-refractivity contribution in [1.82, 2.24) is 10.3 Å². The van der Waals surface area contributed by atoms with Gasteiger partial charge in [0.2, 0.25) is 5.82 Å². The van der Waals surface area contributed by atoms with Crippen LogP contribution >= 0.6 is 0 Å². The molecule has 2 aromatic carbocycles. The maximum atomic E-state index is 14.7. The predicted octanol–water partition coefficient (Wildman–Crippen LogP) is 4.39. The van der Waals surface area contributed by atoms with Gasteiger partial charge in [0.05, 0.1) is 24.8 Å². The van der Waals surface area contributed by atoms with Gasteiger partial charge < -0.3 is 24.1 Å². The molecule has 0 saturated carbocycles. The van der Waals surface area contributed by atoms with Crippen LogP contribution in [0.15, 0.2) is 34.7 Å². The monoisotopic (exact) mass is 438 g/mol. The number of rotatable bonds is 8. The lowest BCUT2D eigenvalue weighted by Crippen LogP contribution is -2.43. The van der Waals surface area contributed by atoms with E-state index in [-0.39, 0.29) is 17.5 Å². The quantitative estimate of drug-likeness (QED) is 0.558. The summed E-state index contributed by atoms with van der Waals surface area (Å²) >= 11 is 0. The predicted molar refractivity (Wildman–Crippen MR) is 120 cm³/mol. The number of anilines is 1. The Kier molecular flexibility index (Phi) is 6.76. The number of ether oxygens (including phenoxy) is 2. The number of nitriles is 1. The molecule has 1 aliphatic heterocycles. The van der Waals surface area contributed by atoms with Crippen LogP contribution < -0.4 is 19.7 Å². The van der Waals surface area contributed by atoms with Crippen LogP contribution in [0, 0.1) is 17.1 Å². The van der Waals surface area contributed by atoms with E-state index in [1.807, 2.05) is 13.8 Å². The number of hydrogen-bond donors (Lipinski definition) is 1. The average molecular weight is 439 g/mol. The highest BCUT2D eigenvalue weighted by Gasteiger charge is 2.26. The summed E-state index contributed by atoms with van der Waals surface area (Å²) in [6, 6.07) is 11.5. The zero-order valence-electron chi connectivity index (χ0n) is 18.4. The Balaban J connectivity index is 1.72. The number of hydrogen-bond acceptors (Lipinski definition) is 7. The fourth-order valence-electron chi connectivity index (χ4n) is 4.01. The molecule has 0 bridgehead atoms. The summed E-state index contributed by atoms with van der Waals surface area (Å²) in [5, 5.41) is 12.6. The Morgan fingerprint density at radius 1 is 1.16 bits per heavy atom. The van der Waals surface area contributed by atoms with Crippen molar-refractivity contribution in [1.29, 1.82) is 5.26 Å². The summed E-state index contributed by atoms with van der Waals surface area (Å²) in [5.74, 6) is -0.137. The Morgan fingerprint density at radius 3 is 2.47 bits per heavy atom. The molecule has 1 N–H and O–H groups in total. The van der Waals surface area contributed by atoms with Gasteiger partial charge in [-0.3, -0.25) is 0 Å². The SMILES string of the molecule is CCOc1cc(CN(c2nc3cc(C#N)ccc3o2)C2CCNCC2)cc(OCC)c1F. The van der Waals surface area contributed by atoms with Crippen molar-refractivity contribution in [3.8, 4) is 17.6 Å². The summed E-state index contributed by atoms with van der Waals surface area (Å²) in [6.45, 7) is 6.62. The van der Waals surface area contributed by atoms with Crippen molar-refractivity contribution in [2.75, 3.05) is 31.2 Å². The molecule has 32 heavy (non-hydrogen) atoms. The van der Waals surface area contributed by atoms with E-state index < -0.39 is 5.82 Å². The largest absolute Gasteiger partial charge is 0.491 e. The second kappa shape index (κ2) is 9.88. The van der Waals surface area contributed by atoms with Crippen LogP contribution in [0.1, 0.15) is 37.8 Å². The van der Waals surface area contributed by atoms with E-state index in [1.54, 1.807) is 30.3 Å². The summed E-state index contributed by atoms with van der Waals surface area (Å²) in [6.07, 6.45) is 1.86. The van der Waals surface area contributed by atoms with Gasteiger partial charge in [-0.25, -0.2) is 0 Å². The van der Waals surface area contributed by atoms with Gasteiger partial charge in [-0.1, -0.05) is 0 Å². The fraction of sp³-hybridized carbons (Fsp3) is 0.417. The summed E-state index contributed by atoms with van der Waals surface area (Å²) in [4.78, 5) is 6.80. The Bertz CT molecular complexity index is 1090. The molecule has 0 unspecified atom stereocenters. The standard InChI is InChI=1S/C24H27FN4O3/c1-3-30-21-12-17(13-22(23(21)25)31-4-2)15-29(18-7-9-27-10-8-18)24-28-19-11-16(14-26)5-6-20(19)32-24/h5-6,11-13,18,27H,3-4,7-10,15H2,1-2H3. The van der Waals surface area contributed by atoms with Gasteiger partial charge in [0.15, 0.2) is 17.1 Å². The molecule has 0 radical (unpaired) electrons. The van der Waals surface area contributed by atoms with Gasteiger partial charge in [0.1, 0.15) is 5.52 Å². The molecule has 3 aromatic rings. The van der Waals surface area contributed by atoms with Crippen LogP contribution in [0.3, 0.4) is 0 Å². The van der Waals surface area contributed by atoms with Crippen LogP contribution in [-0.4, -0.2) is 37.3 Å².